The summed E-state index contributed by atoms with van der Waals surface area (Å²) in [4.78, 5) is 11.3. The summed E-state index contributed by atoms with van der Waals surface area (Å²) in [6.45, 7) is 3.74. The summed E-state index contributed by atoms with van der Waals surface area (Å²) < 4.78 is 5.21. The van der Waals surface area contributed by atoms with E-state index in [2.05, 4.69) is 17.9 Å². The van der Waals surface area contributed by atoms with Crippen LogP contribution in [0.3, 0.4) is 0 Å². The molecule has 0 aliphatic heterocycles. The number of furan rings is 1. The molecule has 0 aromatic carbocycles. The van der Waals surface area contributed by atoms with Gasteiger partial charge in [-0.2, -0.15) is 12.6 Å². The predicted molar refractivity (Wildman–Crippen MR) is 63.1 cm³/mol. The number of hydrogen-bond donors (Lipinski definition) is 2. The van der Waals surface area contributed by atoms with E-state index in [-0.39, 0.29) is 17.2 Å². The van der Waals surface area contributed by atoms with Gasteiger partial charge in [-0.25, -0.2) is 0 Å². The molecule has 2 atom stereocenters. The van der Waals surface area contributed by atoms with Crippen LogP contribution in [0.4, 0.5) is 0 Å². The Morgan fingerprint density at radius 3 is 2.87 bits per heavy atom. The normalized spacial score (nSPS) is 14.6. The highest BCUT2D eigenvalue weighted by molar-refractivity contribution is 7.81. The van der Waals surface area contributed by atoms with Crippen molar-refractivity contribution in [3.63, 3.8) is 0 Å². The minimum atomic E-state index is -0.254. The monoisotopic (exact) mass is 227 g/mol. The van der Waals surface area contributed by atoms with Crippen molar-refractivity contribution in [2.75, 3.05) is 0 Å². The average Bonchev–Trinajstić information content (AvgIpc) is 2.66. The highest BCUT2D eigenvalue weighted by atomic mass is 32.1. The topological polar surface area (TPSA) is 42.2 Å². The lowest BCUT2D eigenvalue weighted by molar-refractivity contribution is -0.120. The van der Waals surface area contributed by atoms with E-state index in [1.54, 1.807) is 13.2 Å². The molecule has 15 heavy (non-hydrogen) atoms. The fourth-order valence-corrected chi connectivity index (χ4v) is 1.32. The zero-order chi connectivity index (χ0) is 11.3. The molecule has 1 amide bonds. The zero-order valence-corrected chi connectivity index (χ0v) is 9.96. The molecule has 2 unspecified atom stereocenters. The second-order valence-electron chi connectivity index (χ2n) is 3.70. The van der Waals surface area contributed by atoms with Crippen LogP contribution in [0.5, 0.6) is 0 Å². The molecule has 0 aliphatic rings. The number of hydrogen-bond acceptors (Lipinski definition) is 3. The van der Waals surface area contributed by atoms with Crippen LogP contribution >= 0.6 is 12.6 Å². The van der Waals surface area contributed by atoms with Crippen LogP contribution in [0.1, 0.15) is 26.0 Å². The third kappa shape index (κ3) is 4.42. The summed E-state index contributed by atoms with van der Waals surface area (Å²) in [7, 11) is 0. The van der Waals surface area contributed by atoms with Crippen LogP contribution in [0.25, 0.3) is 0 Å². The number of rotatable bonds is 5. The molecule has 1 heterocycles. The third-order valence-electron chi connectivity index (χ3n) is 2.17. The molecule has 1 aromatic rings. The first-order valence-corrected chi connectivity index (χ1v) is 5.62. The molecule has 4 heteroatoms. The van der Waals surface area contributed by atoms with Crippen molar-refractivity contribution in [2.24, 2.45) is 0 Å². The largest absolute Gasteiger partial charge is 0.469 e. The highest BCUT2D eigenvalue weighted by Crippen LogP contribution is 2.06. The molecule has 0 spiro atoms. The standard InChI is InChI=1S/C11H17NO2S/c1-8(12-11(13)9(2)15)5-6-10-4-3-7-14-10/h3-4,7-9,15H,5-6H2,1-2H3,(H,12,13). The van der Waals surface area contributed by atoms with Gasteiger partial charge in [0.05, 0.1) is 11.5 Å². The molecule has 1 rings (SSSR count). The van der Waals surface area contributed by atoms with Gasteiger partial charge < -0.3 is 9.73 Å². The first kappa shape index (κ1) is 12.2. The number of thiol groups is 1. The summed E-state index contributed by atoms with van der Waals surface area (Å²) in [5.74, 6) is 0.931. The second-order valence-corrected chi connectivity index (χ2v) is 4.48. The summed E-state index contributed by atoms with van der Waals surface area (Å²) in [5, 5.41) is 2.63. The summed E-state index contributed by atoms with van der Waals surface area (Å²) in [5.41, 5.74) is 0. The minimum Gasteiger partial charge on any atom is -0.469 e. The van der Waals surface area contributed by atoms with Crippen LogP contribution in [0.2, 0.25) is 0 Å². The van der Waals surface area contributed by atoms with Gasteiger partial charge in [0.1, 0.15) is 5.76 Å². The SMILES string of the molecule is CC(CCc1ccco1)NC(=O)C(C)S. The van der Waals surface area contributed by atoms with E-state index in [9.17, 15) is 4.79 Å². The lowest BCUT2D eigenvalue weighted by Crippen LogP contribution is -2.37. The van der Waals surface area contributed by atoms with Crippen LogP contribution in [0.15, 0.2) is 22.8 Å². The van der Waals surface area contributed by atoms with Crippen molar-refractivity contribution in [3.8, 4) is 0 Å². The van der Waals surface area contributed by atoms with Crippen molar-refractivity contribution >= 4 is 18.5 Å². The molecule has 0 bridgehead atoms. The molecule has 0 aliphatic carbocycles. The van der Waals surface area contributed by atoms with Gasteiger partial charge in [-0.1, -0.05) is 0 Å². The van der Waals surface area contributed by atoms with E-state index in [0.717, 1.165) is 18.6 Å². The van der Waals surface area contributed by atoms with Gasteiger partial charge in [0.15, 0.2) is 0 Å². The van der Waals surface area contributed by atoms with Gasteiger partial charge in [-0.05, 0) is 32.4 Å². The van der Waals surface area contributed by atoms with Crippen molar-refractivity contribution < 1.29 is 9.21 Å². The summed E-state index contributed by atoms with van der Waals surface area (Å²) in [6.07, 6.45) is 3.38. The van der Waals surface area contributed by atoms with E-state index in [4.69, 9.17) is 4.42 Å². The van der Waals surface area contributed by atoms with E-state index in [1.165, 1.54) is 0 Å². The van der Waals surface area contributed by atoms with Crippen molar-refractivity contribution in [2.45, 2.75) is 38.0 Å². The van der Waals surface area contributed by atoms with Gasteiger partial charge in [-0.3, -0.25) is 4.79 Å². The Bertz CT molecular complexity index is 296. The van der Waals surface area contributed by atoms with Crippen LogP contribution in [-0.4, -0.2) is 17.2 Å². The van der Waals surface area contributed by atoms with Crippen LogP contribution in [-0.2, 0) is 11.2 Å². The van der Waals surface area contributed by atoms with E-state index in [1.807, 2.05) is 19.1 Å². The molecule has 0 saturated heterocycles. The van der Waals surface area contributed by atoms with E-state index in [0.29, 0.717) is 0 Å². The van der Waals surface area contributed by atoms with Gasteiger partial charge >= 0.3 is 0 Å². The lowest BCUT2D eigenvalue weighted by Gasteiger charge is -2.14. The fourth-order valence-electron chi connectivity index (χ4n) is 1.25. The van der Waals surface area contributed by atoms with Gasteiger partial charge in [0.25, 0.3) is 0 Å². The molecule has 1 N–H and O–H groups in total. The molecule has 1 aromatic heterocycles. The maximum atomic E-state index is 11.3. The number of aryl methyl sites for hydroxylation is 1. The first-order valence-electron chi connectivity index (χ1n) is 5.10. The maximum Gasteiger partial charge on any atom is 0.232 e. The Morgan fingerprint density at radius 2 is 2.33 bits per heavy atom. The highest BCUT2D eigenvalue weighted by Gasteiger charge is 2.11. The Kier molecular flexibility index (Phi) is 4.75. The summed E-state index contributed by atoms with van der Waals surface area (Å²) in [6, 6.07) is 3.96. The molecule has 0 fully saturated rings. The molecular weight excluding hydrogens is 210 g/mol. The first-order chi connectivity index (χ1) is 7.09. The Morgan fingerprint density at radius 1 is 1.60 bits per heavy atom. The minimum absolute atomic E-state index is 0.0229. The smallest absolute Gasteiger partial charge is 0.232 e. The van der Waals surface area contributed by atoms with Crippen LogP contribution < -0.4 is 5.32 Å². The molecule has 0 saturated carbocycles. The number of carbonyl (C=O) groups is 1. The number of nitrogens with one attached hydrogen (secondary N) is 1. The zero-order valence-electron chi connectivity index (χ0n) is 9.06. The fraction of sp³-hybridized carbons (Fsp3) is 0.545. The Balaban J connectivity index is 2.24. The van der Waals surface area contributed by atoms with Crippen molar-refractivity contribution in [3.05, 3.63) is 24.2 Å². The van der Waals surface area contributed by atoms with E-state index < -0.39 is 0 Å². The molecule has 0 radical (unpaired) electrons. The van der Waals surface area contributed by atoms with Gasteiger partial charge in [-0.15, -0.1) is 0 Å². The Hall–Kier alpha value is -0.900. The van der Waals surface area contributed by atoms with E-state index >= 15 is 0 Å². The Labute approximate surface area is 95.6 Å². The summed E-state index contributed by atoms with van der Waals surface area (Å²) >= 11 is 4.07. The molecule has 84 valence electrons. The number of amides is 1. The molecule has 3 nitrogen and oxygen atoms in total. The van der Waals surface area contributed by atoms with Gasteiger partial charge in [0, 0.05) is 12.5 Å². The lowest BCUT2D eigenvalue weighted by atomic mass is 10.1. The van der Waals surface area contributed by atoms with Crippen molar-refractivity contribution in [1.29, 1.82) is 0 Å². The average molecular weight is 227 g/mol. The molecular formula is C11H17NO2S. The predicted octanol–water partition coefficient (Wildman–Crippen LogP) is 2.04. The number of carbonyl (C=O) groups excluding carboxylic acids is 1. The second kappa shape index (κ2) is 5.85. The quantitative estimate of drug-likeness (QED) is 0.756. The third-order valence-corrected chi connectivity index (χ3v) is 2.41. The van der Waals surface area contributed by atoms with Crippen LogP contribution in [0, 0.1) is 0 Å². The van der Waals surface area contributed by atoms with Gasteiger partial charge in [0.2, 0.25) is 5.91 Å². The van der Waals surface area contributed by atoms with Crippen molar-refractivity contribution in [1.82, 2.24) is 5.32 Å². The maximum absolute atomic E-state index is 11.3.